The minimum atomic E-state index is -1.69. The molecule has 0 amide bonds. The van der Waals surface area contributed by atoms with Crippen LogP contribution in [-0.2, 0) is 28.0 Å². The van der Waals surface area contributed by atoms with Crippen molar-refractivity contribution in [1.29, 1.82) is 0 Å². The molecule has 8 nitrogen and oxygen atoms in total. The van der Waals surface area contributed by atoms with Gasteiger partial charge in [0.2, 0.25) is 0 Å². The third kappa shape index (κ3) is 6.54. The summed E-state index contributed by atoms with van der Waals surface area (Å²) in [6.07, 6.45) is 0.337. The Balaban J connectivity index is 2.09. The summed E-state index contributed by atoms with van der Waals surface area (Å²) >= 11 is 0. The van der Waals surface area contributed by atoms with E-state index < -0.39 is 21.6 Å². The number of benzene rings is 2. The zero-order valence-electron chi connectivity index (χ0n) is 17.6. The lowest BCUT2D eigenvalue weighted by molar-refractivity contribution is 0.377. The van der Waals surface area contributed by atoms with Crippen molar-refractivity contribution in [2.75, 3.05) is 39.3 Å². The number of hydrogen-bond donors (Lipinski definition) is 2. The number of phenolic OH excluding ortho intramolecular Hbond substituents is 2. The van der Waals surface area contributed by atoms with Crippen molar-refractivity contribution in [3.8, 4) is 45.7 Å². The molecule has 2 rings (SSSR count). The molecule has 10 heteroatoms. The van der Waals surface area contributed by atoms with Gasteiger partial charge in [-0.3, -0.25) is 4.21 Å². The Morgan fingerprint density at radius 1 is 0.806 bits per heavy atom. The average molecular weight is 469 g/mol. The minimum Gasteiger partial charge on any atom is -0.508 e. The van der Waals surface area contributed by atoms with Crippen LogP contribution in [0.1, 0.15) is 11.1 Å². The van der Waals surface area contributed by atoms with E-state index in [1.54, 1.807) is 0 Å². The topological polar surface area (TPSA) is 112 Å². The Labute approximate surface area is 186 Å². The van der Waals surface area contributed by atoms with Crippen LogP contribution in [-0.4, -0.2) is 57.9 Å². The van der Waals surface area contributed by atoms with Crippen LogP contribution in [0.15, 0.2) is 24.3 Å². The number of methoxy groups -OCH3 is 4. The summed E-state index contributed by atoms with van der Waals surface area (Å²) in [7, 11) is 2.63. The van der Waals surface area contributed by atoms with Crippen LogP contribution in [0.2, 0.25) is 0 Å². The molecule has 0 aliphatic heterocycles. The van der Waals surface area contributed by atoms with Crippen molar-refractivity contribution < 1.29 is 37.6 Å². The highest BCUT2D eigenvalue weighted by atomic mass is 32.2. The van der Waals surface area contributed by atoms with Gasteiger partial charge in [-0.25, -0.2) is 4.21 Å². The average Bonchev–Trinajstić information content (AvgIpc) is 2.75. The fourth-order valence-electron chi connectivity index (χ4n) is 2.77. The maximum Gasteiger partial charge on any atom is 0.141 e. The van der Waals surface area contributed by atoms with Crippen LogP contribution in [0.4, 0.5) is 0 Å². The lowest BCUT2D eigenvalue weighted by Gasteiger charge is -2.13. The number of aromatic hydroxyl groups is 2. The van der Waals surface area contributed by atoms with Gasteiger partial charge in [-0.2, -0.15) is 0 Å². The van der Waals surface area contributed by atoms with Crippen LogP contribution in [0, 0.1) is 11.2 Å². The second-order valence-electron chi connectivity index (χ2n) is 6.14. The summed E-state index contributed by atoms with van der Waals surface area (Å²) < 4.78 is 45.6. The van der Waals surface area contributed by atoms with Gasteiger partial charge in [0.1, 0.15) is 55.9 Å². The van der Waals surface area contributed by atoms with E-state index in [9.17, 15) is 18.6 Å². The monoisotopic (exact) mass is 468 g/mol. The summed E-state index contributed by atoms with van der Waals surface area (Å²) in [6, 6.07) is 5.63. The lowest BCUT2D eigenvalue weighted by Crippen LogP contribution is -2.10. The van der Waals surface area contributed by atoms with Gasteiger partial charge >= 0.3 is 0 Å². The smallest absolute Gasteiger partial charge is 0.141 e. The van der Waals surface area contributed by atoms with Crippen LogP contribution in [0.5, 0.6) is 34.5 Å². The van der Waals surface area contributed by atoms with Gasteiger partial charge in [0, 0.05) is 51.6 Å². The molecule has 2 aromatic rings. The van der Waals surface area contributed by atoms with E-state index in [0.29, 0.717) is 29.0 Å². The van der Waals surface area contributed by atoms with Crippen molar-refractivity contribution in [2.45, 2.75) is 6.42 Å². The van der Waals surface area contributed by atoms with Crippen molar-refractivity contribution in [1.82, 2.24) is 0 Å². The van der Waals surface area contributed by atoms with Gasteiger partial charge in [0.05, 0.1) is 28.4 Å². The molecule has 0 spiro atoms. The quantitative estimate of drug-likeness (QED) is 0.539. The minimum absolute atomic E-state index is 0.00459. The lowest BCUT2D eigenvalue weighted by atomic mass is 10.1. The zero-order valence-corrected chi connectivity index (χ0v) is 19.2. The van der Waals surface area contributed by atoms with Crippen LogP contribution >= 0.6 is 0 Å². The first-order valence-corrected chi connectivity index (χ1v) is 11.8. The van der Waals surface area contributed by atoms with Crippen LogP contribution in [0.25, 0.3) is 0 Å². The predicted molar refractivity (Wildman–Crippen MR) is 119 cm³/mol. The van der Waals surface area contributed by atoms with Crippen molar-refractivity contribution >= 4 is 21.6 Å². The molecular weight excluding hydrogens is 444 g/mol. The van der Waals surface area contributed by atoms with Crippen molar-refractivity contribution in [3.63, 3.8) is 0 Å². The molecule has 0 saturated heterocycles. The number of phenols is 2. The van der Waals surface area contributed by atoms with Gasteiger partial charge < -0.3 is 29.2 Å². The summed E-state index contributed by atoms with van der Waals surface area (Å²) in [5, 5.41) is 21.8. The molecule has 0 radical (unpaired) electrons. The Kier molecular flexibility index (Phi) is 9.03. The molecule has 0 aromatic heterocycles. The third-order valence-electron chi connectivity index (χ3n) is 4.19. The second-order valence-corrected chi connectivity index (χ2v) is 9.26. The van der Waals surface area contributed by atoms with E-state index in [4.69, 9.17) is 18.9 Å². The van der Waals surface area contributed by atoms with E-state index in [0.717, 1.165) is 0 Å². The van der Waals surface area contributed by atoms with Gasteiger partial charge in [-0.15, -0.1) is 0 Å². The molecule has 2 aromatic carbocycles. The Bertz CT molecular complexity index is 989. The second kappa shape index (κ2) is 11.5. The molecular formula is C21H24O8S2. The highest BCUT2D eigenvalue weighted by Crippen LogP contribution is 2.34. The number of rotatable bonds is 9. The molecule has 0 bridgehead atoms. The molecule has 31 heavy (non-hydrogen) atoms. The van der Waals surface area contributed by atoms with E-state index in [-0.39, 0.29) is 33.8 Å². The van der Waals surface area contributed by atoms with Gasteiger partial charge in [0.25, 0.3) is 0 Å². The summed E-state index contributed by atoms with van der Waals surface area (Å²) in [5.74, 6) is 4.25. The van der Waals surface area contributed by atoms with Gasteiger partial charge in [-0.1, -0.05) is 0 Å². The molecule has 2 N–H and O–H groups in total. The third-order valence-corrected chi connectivity index (χ3v) is 7.09. The van der Waals surface area contributed by atoms with Crippen molar-refractivity contribution in [2.24, 2.45) is 0 Å². The molecule has 0 saturated carbocycles. The van der Waals surface area contributed by atoms with Crippen LogP contribution < -0.4 is 18.9 Å². The molecule has 2 unspecified atom stereocenters. The normalized spacial score (nSPS) is 12.3. The maximum atomic E-state index is 12.4. The standard InChI is InChI=1S/C21H24O8S2/c1-26-18-9-14(22)10-19(27-2)16(18)5-7-30(24)13-31(25)8-6-17-20(28-3)11-15(23)12-21(17)29-4/h9-12,22-23H,5,7,13H2,1-4H3. The maximum absolute atomic E-state index is 12.4. The largest absolute Gasteiger partial charge is 0.508 e. The Morgan fingerprint density at radius 2 is 1.26 bits per heavy atom. The highest BCUT2D eigenvalue weighted by molar-refractivity contribution is 8.04. The van der Waals surface area contributed by atoms with Crippen LogP contribution in [0.3, 0.4) is 0 Å². The fourth-order valence-corrected chi connectivity index (χ4v) is 5.08. The molecule has 168 valence electrons. The molecule has 2 atom stereocenters. The highest BCUT2D eigenvalue weighted by Gasteiger charge is 2.15. The molecule has 0 fully saturated rings. The van der Waals surface area contributed by atoms with Crippen molar-refractivity contribution in [3.05, 3.63) is 35.4 Å². The predicted octanol–water partition coefficient (Wildman–Crippen LogP) is 2.14. The van der Waals surface area contributed by atoms with E-state index in [1.165, 1.54) is 52.7 Å². The summed E-state index contributed by atoms with van der Waals surface area (Å²) in [5.41, 5.74) is 0.993. The van der Waals surface area contributed by atoms with E-state index in [1.807, 2.05) is 0 Å². The summed E-state index contributed by atoms with van der Waals surface area (Å²) in [4.78, 5) is 0. The first kappa shape index (κ1) is 24.4. The number of ether oxygens (including phenoxy) is 4. The van der Waals surface area contributed by atoms with Gasteiger partial charge in [-0.05, 0) is 12.3 Å². The number of hydrogen-bond acceptors (Lipinski definition) is 8. The molecule has 0 aliphatic carbocycles. The fraction of sp³-hybridized carbons (Fsp3) is 0.333. The Morgan fingerprint density at radius 3 is 1.71 bits per heavy atom. The molecule has 0 aliphatic rings. The SMILES string of the molecule is COc1cc(O)cc(OC)c1C#CS(=O)CS(=O)CCc1c(OC)cc(O)cc1OC. The first-order valence-electron chi connectivity index (χ1n) is 8.96. The van der Waals surface area contributed by atoms with Gasteiger partial charge in [0.15, 0.2) is 0 Å². The summed E-state index contributed by atoms with van der Waals surface area (Å²) in [6.45, 7) is 0. The molecule has 0 heterocycles. The van der Waals surface area contributed by atoms with E-state index in [2.05, 4.69) is 11.2 Å². The van der Waals surface area contributed by atoms with E-state index >= 15 is 0 Å². The first-order chi connectivity index (χ1) is 14.8. The zero-order chi connectivity index (χ0) is 23.0. The Hall–Kier alpha value is -2.90.